The molecule has 1 aliphatic rings. The number of carboxylic acids is 1. The van der Waals surface area contributed by atoms with Crippen molar-refractivity contribution in [3.63, 3.8) is 0 Å². The van der Waals surface area contributed by atoms with Crippen molar-refractivity contribution in [2.24, 2.45) is 0 Å². The summed E-state index contributed by atoms with van der Waals surface area (Å²) in [6.07, 6.45) is 5.77. The van der Waals surface area contributed by atoms with Crippen LogP contribution in [0.4, 0.5) is 0 Å². The minimum Gasteiger partial charge on any atom is -0.491 e. The second kappa shape index (κ2) is 13.6. The van der Waals surface area contributed by atoms with Crippen LogP contribution in [0.15, 0.2) is 91.0 Å². The molecule has 1 N–H and O–H groups in total. The molecule has 0 spiro atoms. The number of hydrogen-bond acceptors (Lipinski definition) is 5. The SMILES string of the molecule is CCOCCOc1ccc(-c2ccc(Cl)cc2)c(-c2ccc3cc(-c4nc5cc(C(=O)O)ccc5n4C4CCCCC4)ccc3n2)c1. The molecule has 6 aromatic rings. The van der Waals surface area contributed by atoms with E-state index >= 15 is 0 Å². The molecule has 0 amide bonds. The molecule has 238 valence electrons. The van der Waals surface area contributed by atoms with Crippen molar-refractivity contribution in [2.75, 3.05) is 19.8 Å². The third kappa shape index (κ3) is 6.46. The number of carbonyl (C=O) groups is 1. The van der Waals surface area contributed by atoms with Gasteiger partial charge in [-0.15, -0.1) is 0 Å². The summed E-state index contributed by atoms with van der Waals surface area (Å²) in [7, 11) is 0. The highest BCUT2D eigenvalue weighted by atomic mass is 35.5. The molecule has 0 unspecified atom stereocenters. The molecule has 7 nitrogen and oxygen atoms in total. The predicted octanol–water partition coefficient (Wildman–Crippen LogP) is 9.86. The van der Waals surface area contributed by atoms with E-state index in [9.17, 15) is 9.90 Å². The number of hydrogen-bond donors (Lipinski definition) is 1. The lowest BCUT2D eigenvalue weighted by Crippen LogP contribution is -2.14. The van der Waals surface area contributed by atoms with E-state index in [1.807, 2.05) is 61.5 Å². The summed E-state index contributed by atoms with van der Waals surface area (Å²) in [5, 5.41) is 11.3. The molecule has 1 fully saturated rings. The lowest BCUT2D eigenvalue weighted by molar-refractivity contribution is 0.0697. The Labute approximate surface area is 278 Å². The first-order chi connectivity index (χ1) is 23.0. The van der Waals surface area contributed by atoms with E-state index in [0.717, 1.165) is 68.8 Å². The molecule has 4 aromatic carbocycles. The summed E-state index contributed by atoms with van der Waals surface area (Å²) < 4.78 is 13.8. The Morgan fingerprint density at radius 3 is 2.43 bits per heavy atom. The van der Waals surface area contributed by atoms with Gasteiger partial charge in [-0.25, -0.2) is 14.8 Å². The first-order valence-corrected chi connectivity index (χ1v) is 16.6. The average Bonchev–Trinajstić information content (AvgIpc) is 3.49. The van der Waals surface area contributed by atoms with Gasteiger partial charge in [-0.2, -0.15) is 0 Å². The normalized spacial score (nSPS) is 13.7. The Hall–Kier alpha value is -4.72. The zero-order valence-corrected chi connectivity index (χ0v) is 27.0. The van der Waals surface area contributed by atoms with E-state index < -0.39 is 5.97 Å². The number of nitrogens with zero attached hydrogens (tertiary/aromatic N) is 3. The van der Waals surface area contributed by atoms with E-state index in [2.05, 4.69) is 28.8 Å². The van der Waals surface area contributed by atoms with Crippen LogP contribution < -0.4 is 4.74 Å². The number of carboxylic acid groups (broad SMARTS) is 1. The minimum absolute atomic E-state index is 0.245. The van der Waals surface area contributed by atoms with Crippen molar-refractivity contribution in [1.82, 2.24) is 14.5 Å². The molecule has 0 saturated heterocycles. The number of fused-ring (bicyclic) bond motifs is 2. The van der Waals surface area contributed by atoms with Crippen LogP contribution in [0.5, 0.6) is 5.75 Å². The van der Waals surface area contributed by atoms with Crippen molar-refractivity contribution in [1.29, 1.82) is 0 Å². The summed E-state index contributed by atoms with van der Waals surface area (Å²) >= 11 is 6.21. The number of rotatable bonds is 10. The molecule has 0 bridgehead atoms. The summed E-state index contributed by atoms with van der Waals surface area (Å²) in [5.41, 5.74) is 7.64. The number of imidazole rings is 1. The van der Waals surface area contributed by atoms with Crippen LogP contribution in [0.2, 0.25) is 5.02 Å². The Balaban J connectivity index is 1.29. The molecule has 2 aromatic heterocycles. The Morgan fingerprint density at radius 2 is 1.64 bits per heavy atom. The van der Waals surface area contributed by atoms with Gasteiger partial charge in [0.25, 0.3) is 0 Å². The molecule has 8 heteroatoms. The second-order valence-corrected chi connectivity index (χ2v) is 12.4. The van der Waals surface area contributed by atoms with Crippen molar-refractivity contribution >= 4 is 39.5 Å². The summed E-state index contributed by atoms with van der Waals surface area (Å²) in [4.78, 5) is 21.9. The van der Waals surface area contributed by atoms with Gasteiger partial charge in [-0.3, -0.25) is 0 Å². The lowest BCUT2D eigenvalue weighted by Gasteiger charge is -2.25. The standard InChI is InChI=1S/C39H36ClN3O4/c1-2-46-20-21-47-31-15-16-32(25-8-13-29(40)14-9-25)33(24-31)35-18-10-26-22-27(11-17-34(26)41-35)38-42-36-23-28(39(44)45)12-19-37(36)43(38)30-6-4-3-5-7-30/h8-19,22-24,30H,2-7,20-21H2,1H3,(H,44,45). The van der Waals surface area contributed by atoms with Gasteiger partial charge in [0, 0.05) is 34.2 Å². The van der Waals surface area contributed by atoms with Gasteiger partial charge < -0.3 is 19.1 Å². The lowest BCUT2D eigenvalue weighted by atomic mass is 9.94. The quantitative estimate of drug-likeness (QED) is 0.149. The van der Waals surface area contributed by atoms with Gasteiger partial charge >= 0.3 is 5.97 Å². The zero-order chi connectivity index (χ0) is 32.3. The molecule has 7 rings (SSSR count). The highest BCUT2D eigenvalue weighted by Gasteiger charge is 2.23. The van der Waals surface area contributed by atoms with E-state index in [4.69, 9.17) is 31.0 Å². The van der Waals surface area contributed by atoms with Gasteiger partial charge in [-0.05, 0) is 97.6 Å². The Bertz CT molecular complexity index is 2070. The topological polar surface area (TPSA) is 86.5 Å². The van der Waals surface area contributed by atoms with Crippen molar-refractivity contribution in [3.05, 3.63) is 102 Å². The molecule has 1 aliphatic carbocycles. The van der Waals surface area contributed by atoms with Crippen LogP contribution in [0.25, 0.3) is 55.7 Å². The van der Waals surface area contributed by atoms with Gasteiger partial charge in [0.1, 0.15) is 18.2 Å². The van der Waals surface area contributed by atoms with Crippen molar-refractivity contribution < 1.29 is 19.4 Å². The zero-order valence-electron chi connectivity index (χ0n) is 26.3. The van der Waals surface area contributed by atoms with Crippen LogP contribution >= 0.6 is 11.6 Å². The van der Waals surface area contributed by atoms with Crippen LogP contribution in [0, 0.1) is 0 Å². The highest BCUT2D eigenvalue weighted by Crippen LogP contribution is 2.38. The van der Waals surface area contributed by atoms with Gasteiger partial charge in [0.15, 0.2) is 0 Å². The maximum absolute atomic E-state index is 11.7. The molecular weight excluding hydrogens is 610 g/mol. The maximum Gasteiger partial charge on any atom is 0.335 e. The minimum atomic E-state index is -0.949. The first-order valence-electron chi connectivity index (χ1n) is 16.3. The number of benzene rings is 4. The molecule has 0 aliphatic heterocycles. The van der Waals surface area contributed by atoms with Crippen LogP contribution in [-0.2, 0) is 4.74 Å². The molecule has 0 radical (unpaired) electrons. The van der Waals surface area contributed by atoms with Gasteiger partial charge in [0.05, 0.1) is 34.4 Å². The van der Waals surface area contributed by atoms with E-state index in [1.165, 1.54) is 19.3 Å². The van der Waals surface area contributed by atoms with Crippen LogP contribution in [-0.4, -0.2) is 45.4 Å². The number of ether oxygens (including phenoxy) is 2. The monoisotopic (exact) mass is 645 g/mol. The highest BCUT2D eigenvalue weighted by molar-refractivity contribution is 6.30. The third-order valence-corrected chi connectivity index (χ3v) is 9.20. The smallest absolute Gasteiger partial charge is 0.335 e. The largest absolute Gasteiger partial charge is 0.491 e. The Kier molecular flexibility index (Phi) is 8.92. The van der Waals surface area contributed by atoms with Gasteiger partial charge in [0.2, 0.25) is 0 Å². The fourth-order valence-electron chi connectivity index (χ4n) is 6.63. The predicted molar refractivity (Wildman–Crippen MR) is 187 cm³/mol. The summed E-state index contributed by atoms with van der Waals surface area (Å²) in [6.45, 7) is 3.61. The van der Waals surface area contributed by atoms with Crippen LogP contribution in [0.1, 0.15) is 55.4 Å². The van der Waals surface area contributed by atoms with E-state index in [1.54, 1.807) is 12.1 Å². The fourth-order valence-corrected chi connectivity index (χ4v) is 6.75. The van der Waals surface area contributed by atoms with E-state index in [-0.39, 0.29) is 5.56 Å². The number of aromatic nitrogens is 3. The van der Waals surface area contributed by atoms with Gasteiger partial charge in [-0.1, -0.05) is 55.1 Å². The summed E-state index contributed by atoms with van der Waals surface area (Å²) in [6, 6.07) is 29.9. The molecule has 2 heterocycles. The average molecular weight is 646 g/mol. The molecule has 47 heavy (non-hydrogen) atoms. The van der Waals surface area contributed by atoms with Crippen molar-refractivity contribution in [3.8, 4) is 39.5 Å². The molecular formula is C39H36ClN3O4. The third-order valence-electron chi connectivity index (χ3n) is 8.95. The molecule has 0 atom stereocenters. The van der Waals surface area contributed by atoms with Crippen molar-refractivity contribution in [2.45, 2.75) is 45.1 Å². The second-order valence-electron chi connectivity index (χ2n) is 12.0. The fraction of sp³-hybridized carbons (Fsp3) is 0.256. The van der Waals surface area contributed by atoms with E-state index in [0.29, 0.717) is 36.4 Å². The van der Waals surface area contributed by atoms with Crippen LogP contribution in [0.3, 0.4) is 0 Å². The first kappa shape index (κ1) is 30.9. The molecule has 1 saturated carbocycles. The Morgan fingerprint density at radius 1 is 0.830 bits per heavy atom. The number of aromatic carboxylic acids is 1. The number of pyridine rings is 1. The maximum atomic E-state index is 11.7. The number of halogens is 1. The summed E-state index contributed by atoms with van der Waals surface area (Å²) in [5.74, 6) is 0.666.